The predicted octanol–water partition coefficient (Wildman–Crippen LogP) is 4.43. The van der Waals surface area contributed by atoms with Gasteiger partial charge in [-0.2, -0.15) is 0 Å². The van der Waals surface area contributed by atoms with Gasteiger partial charge in [-0.1, -0.05) is 17.7 Å². The molecule has 0 fully saturated rings. The van der Waals surface area contributed by atoms with Crippen molar-refractivity contribution in [2.45, 2.75) is 45.6 Å². The van der Waals surface area contributed by atoms with Gasteiger partial charge in [0.25, 0.3) is 5.91 Å². The summed E-state index contributed by atoms with van der Waals surface area (Å²) >= 11 is 1.65. The third-order valence-electron chi connectivity index (χ3n) is 4.42. The van der Waals surface area contributed by atoms with Crippen LogP contribution >= 0.6 is 11.3 Å². The third kappa shape index (κ3) is 3.42. The van der Waals surface area contributed by atoms with Crippen molar-refractivity contribution in [3.05, 3.63) is 50.7 Å². The van der Waals surface area contributed by atoms with Gasteiger partial charge >= 0.3 is 0 Å². The summed E-state index contributed by atoms with van der Waals surface area (Å²) in [6.07, 6.45) is 4.71. The molecule has 0 spiro atoms. The monoisotopic (exact) mass is 329 g/mol. The second-order valence-corrected chi connectivity index (χ2v) is 7.34. The summed E-state index contributed by atoms with van der Waals surface area (Å²) < 4.78 is 5.43. The molecule has 0 bridgehead atoms. The Hall–Kier alpha value is -1.81. The number of amides is 1. The lowest BCUT2D eigenvalue weighted by Gasteiger charge is -2.17. The van der Waals surface area contributed by atoms with Crippen LogP contribution in [0.25, 0.3) is 0 Å². The van der Waals surface area contributed by atoms with Gasteiger partial charge in [0.05, 0.1) is 18.0 Å². The highest BCUT2D eigenvalue weighted by atomic mass is 32.1. The Balaban J connectivity index is 1.77. The second-order valence-electron chi connectivity index (χ2n) is 6.21. The van der Waals surface area contributed by atoms with E-state index in [1.807, 2.05) is 26.0 Å². The second kappa shape index (κ2) is 6.75. The van der Waals surface area contributed by atoms with E-state index in [1.54, 1.807) is 18.4 Å². The van der Waals surface area contributed by atoms with E-state index >= 15 is 0 Å². The minimum absolute atomic E-state index is 0.0143. The molecule has 1 aliphatic rings. The first kappa shape index (κ1) is 16.1. The number of hydrogen-bond donors (Lipinski definition) is 1. The van der Waals surface area contributed by atoms with Crippen LogP contribution in [0.4, 0.5) is 0 Å². The topological polar surface area (TPSA) is 38.3 Å². The van der Waals surface area contributed by atoms with E-state index < -0.39 is 0 Å². The van der Waals surface area contributed by atoms with Crippen LogP contribution in [0.2, 0.25) is 0 Å². The number of carbonyl (C=O) groups is 1. The number of nitrogens with one attached hydrogen (secondary N) is 1. The molecule has 0 aliphatic heterocycles. The number of thiophene rings is 1. The molecule has 0 saturated carbocycles. The number of aryl methyl sites for hydroxylation is 3. The van der Waals surface area contributed by atoms with E-state index in [-0.39, 0.29) is 11.9 Å². The fourth-order valence-electron chi connectivity index (χ4n) is 3.14. The largest absolute Gasteiger partial charge is 0.496 e. The fraction of sp³-hybridized carbons (Fsp3) is 0.421. The van der Waals surface area contributed by atoms with Crippen LogP contribution in [0, 0.1) is 6.92 Å². The zero-order valence-corrected chi connectivity index (χ0v) is 14.8. The highest BCUT2D eigenvalue weighted by molar-refractivity contribution is 7.14. The summed E-state index contributed by atoms with van der Waals surface area (Å²) in [4.78, 5) is 14.8. The molecular formula is C19H23NO2S. The fourth-order valence-corrected chi connectivity index (χ4v) is 4.30. The maximum absolute atomic E-state index is 12.6. The molecular weight excluding hydrogens is 306 g/mol. The molecule has 3 nitrogen and oxygen atoms in total. The Kier molecular flexibility index (Phi) is 4.71. The van der Waals surface area contributed by atoms with Gasteiger partial charge in [0.15, 0.2) is 0 Å². The quantitative estimate of drug-likeness (QED) is 0.901. The van der Waals surface area contributed by atoms with Gasteiger partial charge < -0.3 is 10.1 Å². The average molecular weight is 329 g/mol. The van der Waals surface area contributed by atoms with Crippen molar-refractivity contribution in [2.75, 3.05) is 7.11 Å². The van der Waals surface area contributed by atoms with E-state index in [9.17, 15) is 4.79 Å². The Bertz CT molecular complexity index is 697. The number of hydrogen-bond acceptors (Lipinski definition) is 3. The maximum Gasteiger partial charge on any atom is 0.261 e. The van der Waals surface area contributed by atoms with Crippen molar-refractivity contribution in [3.63, 3.8) is 0 Å². The lowest BCUT2D eigenvalue weighted by molar-refractivity contribution is 0.0943. The summed E-state index contributed by atoms with van der Waals surface area (Å²) in [5.74, 6) is 0.828. The lowest BCUT2D eigenvalue weighted by Crippen LogP contribution is -2.26. The Morgan fingerprint density at radius 3 is 2.78 bits per heavy atom. The van der Waals surface area contributed by atoms with E-state index in [0.29, 0.717) is 0 Å². The maximum atomic E-state index is 12.6. The third-order valence-corrected chi connectivity index (χ3v) is 5.66. The highest BCUT2D eigenvalue weighted by Gasteiger charge is 2.20. The summed E-state index contributed by atoms with van der Waals surface area (Å²) in [5, 5.41) is 3.12. The normalized spacial score (nSPS) is 14.9. The number of fused-ring (bicyclic) bond motifs is 1. The van der Waals surface area contributed by atoms with Gasteiger partial charge in [-0.25, -0.2) is 0 Å². The van der Waals surface area contributed by atoms with Crippen LogP contribution in [0.15, 0.2) is 24.3 Å². The first-order valence-corrected chi connectivity index (χ1v) is 8.97. The van der Waals surface area contributed by atoms with E-state index in [1.165, 1.54) is 23.3 Å². The minimum atomic E-state index is -0.0866. The molecule has 1 aromatic carbocycles. The number of benzene rings is 1. The Morgan fingerprint density at radius 1 is 1.26 bits per heavy atom. The molecule has 4 heteroatoms. The lowest BCUT2D eigenvalue weighted by atomic mass is 9.99. The molecule has 1 heterocycles. The van der Waals surface area contributed by atoms with Gasteiger partial charge in [-0.15, -0.1) is 11.3 Å². The summed E-state index contributed by atoms with van der Waals surface area (Å²) in [6.45, 7) is 4.05. The summed E-state index contributed by atoms with van der Waals surface area (Å²) in [6, 6.07) is 8.04. The average Bonchev–Trinajstić information content (AvgIpc) is 2.99. The highest BCUT2D eigenvalue weighted by Crippen LogP contribution is 2.31. The molecule has 0 saturated heterocycles. The predicted molar refractivity (Wildman–Crippen MR) is 94.6 cm³/mol. The molecule has 23 heavy (non-hydrogen) atoms. The Labute approximate surface area is 141 Å². The van der Waals surface area contributed by atoms with Crippen molar-refractivity contribution < 1.29 is 9.53 Å². The van der Waals surface area contributed by atoms with Crippen LogP contribution in [0.3, 0.4) is 0 Å². The zero-order valence-electron chi connectivity index (χ0n) is 13.9. The van der Waals surface area contributed by atoms with E-state index in [4.69, 9.17) is 4.74 Å². The first-order valence-electron chi connectivity index (χ1n) is 8.15. The molecule has 2 aromatic rings. The molecule has 1 aliphatic carbocycles. The van der Waals surface area contributed by atoms with Crippen molar-refractivity contribution >= 4 is 17.2 Å². The SMILES string of the molecule is COc1ccc(C)cc1C(C)NC(=O)c1cc2c(s1)CCCC2. The van der Waals surface area contributed by atoms with E-state index in [0.717, 1.165) is 34.6 Å². The van der Waals surface area contributed by atoms with Gasteiger partial charge in [0.1, 0.15) is 5.75 Å². The number of ether oxygens (including phenoxy) is 1. The van der Waals surface area contributed by atoms with Gasteiger partial charge in [-0.3, -0.25) is 4.79 Å². The molecule has 122 valence electrons. The number of rotatable bonds is 4. The van der Waals surface area contributed by atoms with Gasteiger partial charge in [0, 0.05) is 10.4 Å². The summed E-state index contributed by atoms with van der Waals surface area (Å²) in [5.41, 5.74) is 3.54. The minimum Gasteiger partial charge on any atom is -0.496 e. The number of methoxy groups -OCH3 is 1. The molecule has 1 unspecified atom stereocenters. The smallest absolute Gasteiger partial charge is 0.261 e. The first-order chi connectivity index (χ1) is 11.1. The van der Waals surface area contributed by atoms with E-state index in [2.05, 4.69) is 17.4 Å². The molecule has 0 radical (unpaired) electrons. The molecule has 3 rings (SSSR count). The summed E-state index contributed by atoms with van der Waals surface area (Å²) in [7, 11) is 1.66. The van der Waals surface area contributed by atoms with Crippen molar-refractivity contribution in [2.24, 2.45) is 0 Å². The van der Waals surface area contributed by atoms with Crippen molar-refractivity contribution in [3.8, 4) is 5.75 Å². The molecule has 1 amide bonds. The Morgan fingerprint density at radius 2 is 2.04 bits per heavy atom. The molecule has 1 aromatic heterocycles. The van der Waals surface area contributed by atoms with Crippen LogP contribution in [-0.2, 0) is 12.8 Å². The number of carbonyl (C=O) groups excluding carboxylic acids is 1. The molecule has 1 atom stereocenters. The van der Waals surface area contributed by atoms with Crippen molar-refractivity contribution in [1.82, 2.24) is 5.32 Å². The van der Waals surface area contributed by atoms with Gasteiger partial charge in [0.2, 0.25) is 0 Å². The van der Waals surface area contributed by atoms with Crippen molar-refractivity contribution in [1.29, 1.82) is 0 Å². The zero-order chi connectivity index (χ0) is 16.4. The van der Waals surface area contributed by atoms with Gasteiger partial charge in [-0.05, 0) is 57.2 Å². The van der Waals surface area contributed by atoms with Crippen LogP contribution < -0.4 is 10.1 Å². The van der Waals surface area contributed by atoms with Crippen LogP contribution in [-0.4, -0.2) is 13.0 Å². The van der Waals surface area contributed by atoms with Crippen LogP contribution in [0.1, 0.15) is 57.0 Å². The standard InChI is InChI=1S/C19H23NO2S/c1-12-8-9-16(22-3)15(10-12)13(2)20-19(21)18-11-14-6-4-5-7-17(14)23-18/h8-11,13H,4-7H2,1-3H3,(H,20,21). The van der Waals surface area contributed by atoms with Crippen LogP contribution in [0.5, 0.6) is 5.75 Å². The molecule has 1 N–H and O–H groups in total.